The Morgan fingerprint density at radius 3 is 2.56 bits per heavy atom. The van der Waals surface area contributed by atoms with Crippen molar-refractivity contribution in [1.82, 2.24) is 5.32 Å². The average molecular weight is 380 g/mol. The summed E-state index contributed by atoms with van der Waals surface area (Å²) in [7, 11) is -2.76. The number of aryl methyl sites for hydroxylation is 1. The Morgan fingerprint density at radius 2 is 1.96 bits per heavy atom. The first kappa shape index (κ1) is 19.1. The molecule has 0 aromatic heterocycles. The fraction of sp³-hybridized carbons (Fsp3) is 0.235. The van der Waals surface area contributed by atoms with Crippen LogP contribution >= 0.6 is 11.8 Å². The van der Waals surface area contributed by atoms with Crippen LogP contribution in [0.5, 0.6) is 11.5 Å². The van der Waals surface area contributed by atoms with Crippen LogP contribution in [0.1, 0.15) is 18.1 Å². The van der Waals surface area contributed by atoms with Gasteiger partial charge in [0, 0.05) is 29.6 Å². The summed E-state index contributed by atoms with van der Waals surface area (Å²) in [6.07, 6.45) is 2.01. The number of carbonyl (C=O) groups excluding carboxylic acids is 1. The molecule has 2 N–H and O–H groups in total. The maximum Gasteiger partial charge on any atom is 0.222 e. The van der Waals surface area contributed by atoms with Gasteiger partial charge in [-0.2, -0.15) is 0 Å². The van der Waals surface area contributed by atoms with Crippen molar-refractivity contribution in [3.63, 3.8) is 0 Å². The number of thioether (sulfide) groups is 1. The molecule has 6 nitrogen and oxygen atoms in total. The van der Waals surface area contributed by atoms with E-state index in [1.165, 1.54) is 11.8 Å². The zero-order valence-corrected chi connectivity index (χ0v) is 15.9. The number of hydrogen-bond acceptors (Lipinski definition) is 5. The lowest BCUT2D eigenvalue weighted by molar-refractivity contribution is -0.119. The molecule has 0 radical (unpaired) electrons. The van der Waals surface area contributed by atoms with Gasteiger partial charge in [-0.25, -0.2) is 8.42 Å². The summed E-state index contributed by atoms with van der Waals surface area (Å²) in [4.78, 5) is 12.4. The van der Waals surface area contributed by atoms with E-state index in [4.69, 9.17) is 4.74 Å². The summed E-state index contributed by atoms with van der Waals surface area (Å²) in [5.41, 5.74) is 2.19. The van der Waals surface area contributed by atoms with Crippen molar-refractivity contribution in [1.29, 1.82) is 0 Å². The molecule has 134 valence electrons. The standard InChI is InChI=1S/C17H20N2O4S2/c1-11-8-15(5-7-17(11)24-3)23-16-6-4-14(19-25(21)22)9-13(16)10-18-12(2)20/h4-9,25H,10H2,1-3H3,(H,18,20)(H,19,21,22). The second-order valence-electron chi connectivity index (χ2n) is 5.33. The van der Waals surface area contributed by atoms with E-state index in [0.717, 1.165) is 5.56 Å². The van der Waals surface area contributed by atoms with Gasteiger partial charge in [-0.1, -0.05) is 0 Å². The molecular formula is C17H20N2O4S2. The minimum absolute atomic E-state index is 0.181. The zero-order chi connectivity index (χ0) is 18.4. The molecule has 1 amide bonds. The first-order valence-corrected chi connectivity index (χ1v) is 9.90. The van der Waals surface area contributed by atoms with Crippen molar-refractivity contribution in [2.75, 3.05) is 11.0 Å². The van der Waals surface area contributed by atoms with Crippen LogP contribution in [0.3, 0.4) is 0 Å². The van der Waals surface area contributed by atoms with Crippen molar-refractivity contribution < 1.29 is 17.9 Å². The van der Waals surface area contributed by atoms with E-state index in [2.05, 4.69) is 10.0 Å². The molecule has 0 atom stereocenters. The fourth-order valence-corrected chi connectivity index (χ4v) is 3.19. The van der Waals surface area contributed by atoms with E-state index in [0.29, 0.717) is 22.7 Å². The molecule has 0 unspecified atom stereocenters. The predicted molar refractivity (Wildman–Crippen MR) is 101 cm³/mol. The highest BCUT2D eigenvalue weighted by Gasteiger charge is 2.09. The maximum atomic E-state index is 11.2. The van der Waals surface area contributed by atoms with E-state index >= 15 is 0 Å². The molecule has 0 aliphatic carbocycles. The van der Waals surface area contributed by atoms with Crippen molar-refractivity contribution in [2.45, 2.75) is 25.3 Å². The summed E-state index contributed by atoms with van der Waals surface area (Å²) >= 11 is 1.66. The molecule has 0 heterocycles. The number of carbonyl (C=O) groups is 1. The molecule has 2 rings (SSSR count). The highest BCUT2D eigenvalue weighted by molar-refractivity contribution is 7.98. The number of anilines is 1. The second-order valence-corrected chi connectivity index (χ2v) is 6.92. The van der Waals surface area contributed by atoms with Gasteiger partial charge in [-0.05, 0) is 55.1 Å². The van der Waals surface area contributed by atoms with Gasteiger partial charge >= 0.3 is 0 Å². The second kappa shape index (κ2) is 8.77. The van der Waals surface area contributed by atoms with Crippen molar-refractivity contribution in [2.24, 2.45) is 0 Å². The number of ether oxygens (including phenoxy) is 1. The molecule has 0 saturated heterocycles. The lowest BCUT2D eigenvalue weighted by atomic mass is 10.1. The van der Waals surface area contributed by atoms with E-state index in [1.807, 2.05) is 31.4 Å². The lowest BCUT2D eigenvalue weighted by Crippen LogP contribution is -2.19. The summed E-state index contributed by atoms with van der Waals surface area (Å²) in [5.74, 6) is 1.05. The van der Waals surface area contributed by atoms with Gasteiger partial charge in [0.25, 0.3) is 0 Å². The topological polar surface area (TPSA) is 84.5 Å². The Bertz CT molecular complexity index is 843. The molecule has 2 aromatic rings. The quantitative estimate of drug-likeness (QED) is 0.508. The summed E-state index contributed by atoms with van der Waals surface area (Å²) in [6, 6.07) is 10.7. The van der Waals surface area contributed by atoms with Gasteiger partial charge in [0.15, 0.2) is 0 Å². The summed E-state index contributed by atoms with van der Waals surface area (Å²) < 4.78 is 30.0. The van der Waals surface area contributed by atoms with Crippen LogP contribution in [0.4, 0.5) is 5.69 Å². The number of benzene rings is 2. The van der Waals surface area contributed by atoms with E-state index < -0.39 is 10.9 Å². The van der Waals surface area contributed by atoms with Crippen LogP contribution in [0.25, 0.3) is 0 Å². The highest BCUT2D eigenvalue weighted by atomic mass is 32.2. The highest BCUT2D eigenvalue weighted by Crippen LogP contribution is 2.31. The van der Waals surface area contributed by atoms with Crippen LogP contribution < -0.4 is 14.8 Å². The molecule has 2 aromatic carbocycles. The number of nitrogens with one attached hydrogen (secondary N) is 2. The Hall–Kier alpha value is -2.19. The fourth-order valence-electron chi connectivity index (χ4n) is 2.25. The third-order valence-corrected chi connectivity index (χ3v) is 4.74. The molecule has 0 bridgehead atoms. The van der Waals surface area contributed by atoms with Crippen LogP contribution in [0, 0.1) is 6.92 Å². The van der Waals surface area contributed by atoms with E-state index in [-0.39, 0.29) is 12.5 Å². The average Bonchev–Trinajstić information content (AvgIpc) is 2.54. The Balaban J connectivity index is 2.30. The molecule has 0 aliphatic heterocycles. The number of amides is 1. The molecule has 0 saturated carbocycles. The monoisotopic (exact) mass is 380 g/mol. The Morgan fingerprint density at radius 1 is 1.20 bits per heavy atom. The van der Waals surface area contributed by atoms with Gasteiger partial charge < -0.3 is 10.1 Å². The minimum Gasteiger partial charge on any atom is -0.457 e. The third kappa shape index (κ3) is 5.68. The summed E-state index contributed by atoms with van der Waals surface area (Å²) in [5, 5.41) is 2.70. The van der Waals surface area contributed by atoms with Gasteiger partial charge in [-0.3, -0.25) is 9.52 Å². The molecular weight excluding hydrogens is 360 g/mol. The van der Waals surface area contributed by atoms with Gasteiger partial charge in [-0.15, -0.1) is 11.8 Å². The van der Waals surface area contributed by atoms with Crippen LogP contribution in [0.2, 0.25) is 0 Å². The summed E-state index contributed by atoms with van der Waals surface area (Å²) in [6.45, 7) is 3.66. The van der Waals surface area contributed by atoms with Crippen molar-refractivity contribution >= 4 is 34.2 Å². The predicted octanol–water partition coefficient (Wildman–Crippen LogP) is 3.08. The van der Waals surface area contributed by atoms with Gasteiger partial charge in [0.05, 0.1) is 0 Å². The SMILES string of the molecule is CSc1ccc(Oc2ccc(N[SH](=O)=O)cc2CNC(C)=O)cc1C. The smallest absolute Gasteiger partial charge is 0.222 e. The maximum absolute atomic E-state index is 11.2. The number of rotatable bonds is 7. The van der Waals surface area contributed by atoms with E-state index in [9.17, 15) is 13.2 Å². The molecule has 0 aliphatic rings. The Labute approximate surface area is 153 Å². The normalized spacial score (nSPS) is 10.6. The Kier molecular flexibility index (Phi) is 6.72. The van der Waals surface area contributed by atoms with Crippen LogP contribution in [0.15, 0.2) is 41.3 Å². The van der Waals surface area contributed by atoms with Crippen molar-refractivity contribution in [3.8, 4) is 11.5 Å². The largest absolute Gasteiger partial charge is 0.457 e. The first-order valence-electron chi connectivity index (χ1n) is 7.50. The number of hydrogen-bond donors (Lipinski definition) is 3. The zero-order valence-electron chi connectivity index (χ0n) is 14.2. The van der Waals surface area contributed by atoms with E-state index in [1.54, 1.807) is 30.0 Å². The van der Waals surface area contributed by atoms with Crippen LogP contribution in [-0.4, -0.2) is 20.6 Å². The molecule has 25 heavy (non-hydrogen) atoms. The molecule has 8 heteroatoms. The first-order chi connectivity index (χ1) is 11.9. The minimum atomic E-state index is -2.76. The van der Waals surface area contributed by atoms with Gasteiger partial charge in [0.1, 0.15) is 11.5 Å². The number of thiol groups is 1. The molecule has 0 spiro atoms. The van der Waals surface area contributed by atoms with Crippen LogP contribution in [-0.2, 0) is 22.2 Å². The van der Waals surface area contributed by atoms with Gasteiger partial charge in [0.2, 0.25) is 16.8 Å². The lowest BCUT2D eigenvalue weighted by Gasteiger charge is -2.14. The molecule has 0 fully saturated rings. The third-order valence-electron chi connectivity index (χ3n) is 3.40. The van der Waals surface area contributed by atoms with Crippen molar-refractivity contribution in [3.05, 3.63) is 47.5 Å².